The van der Waals surface area contributed by atoms with E-state index in [1.54, 1.807) is 7.11 Å². The Kier molecular flexibility index (Phi) is 39.8. The molecule has 0 aliphatic heterocycles. The lowest BCUT2D eigenvalue weighted by molar-refractivity contribution is -0.138. The van der Waals surface area contributed by atoms with Gasteiger partial charge in [0.1, 0.15) is 6.61 Å². The number of methoxy groups -OCH3 is 1. The molecule has 0 bridgehead atoms. The molecule has 1 amide bonds. The number of ether oxygens (including phenoxy) is 2. The van der Waals surface area contributed by atoms with Crippen molar-refractivity contribution in [3.63, 3.8) is 0 Å². The molecule has 44 heavy (non-hydrogen) atoms. The van der Waals surface area contributed by atoms with Gasteiger partial charge in [-0.25, -0.2) is 0 Å². The Morgan fingerprint density at radius 1 is 0.591 bits per heavy atom. The van der Waals surface area contributed by atoms with Crippen LogP contribution in [-0.4, -0.2) is 62.0 Å². The van der Waals surface area contributed by atoms with Gasteiger partial charge in [0.2, 0.25) is 5.91 Å². The van der Waals surface area contributed by atoms with Gasteiger partial charge in [0.15, 0.2) is 0 Å². The quantitative estimate of drug-likeness (QED) is 0.0735. The molecule has 0 rings (SSSR count). The maximum Gasteiger partial charge on any atom is 0.248 e. The second-order valence-corrected chi connectivity index (χ2v) is 13.6. The summed E-state index contributed by atoms with van der Waals surface area (Å²) in [5.74, 6) is 0.867. The van der Waals surface area contributed by atoms with Crippen LogP contribution < -0.4 is 0 Å². The molecule has 1 unspecified atom stereocenters. The third-order valence-electron chi connectivity index (χ3n) is 8.56. The predicted molar refractivity (Wildman–Crippen MR) is 193 cm³/mol. The Balaban J connectivity index is 0. The van der Waals surface area contributed by atoms with E-state index in [0.717, 1.165) is 38.5 Å². The number of carbonyl (C=O) groups is 1. The van der Waals surface area contributed by atoms with Crippen molar-refractivity contribution < 1.29 is 19.4 Å². The van der Waals surface area contributed by atoms with Crippen molar-refractivity contribution in [3.05, 3.63) is 0 Å². The fraction of sp³-hybridized carbons (Fsp3) is 0.974. The first-order valence-corrected chi connectivity index (χ1v) is 19.4. The first kappa shape index (κ1) is 45.5. The van der Waals surface area contributed by atoms with Crippen molar-refractivity contribution in [2.75, 3.05) is 40.0 Å². The van der Waals surface area contributed by atoms with Crippen LogP contribution >= 0.6 is 0 Å². The fourth-order valence-electron chi connectivity index (χ4n) is 5.36. The number of hydrogen-bond acceptors (Lipinski definition) is 4. The summed E-state index contributed by atoms with van der Waals surface area (Å²) in [6.07, 6.45) is 33.0. The van der Waals surface area contributed by atoms with E-state index in [1.807, 2.05) is 11.8 Å². The lowest BCUT2D eigenvalue weighted by Crippen LogP contribution is -2.36. The lowest BCUT2D eigenvalue weighted by Gasteiger charge is -2.23. The highest BCUT2D eigenvalue weighted by molar-refractivity contribution is 5.77. The molecule has 266 valence electrons. The molecule has 0 aromatic carbocycles. The highest BCUT2D eigenvalue weighted by atomic mass is 16.5. The molecule has 0 fully saturated rings. The molecular weight excluding hydrogens is 546 g/mol. The van der Waals surface area contributed by atoms with Crippen LogP contribution in [0.4, 0.5) is 0 Å². The van der Waals surface area contributed by atoms with E-state index in [-0.39, 0.29) is 25.2 Å². The van der Waals surface area contributed by atoms with Gasteiger partial charge in [-0.2, -0.15) is 0 Å². The van der Waals surface area contributed by atoms with E-state index < -0.39 is 0 Å². The van der Waals surface area contributed by atoms with Gasteiger partial charge in [0.25, 0.3) is 0 Å². The summed E-state index contributed by atoms with van der Waals surface area (Å²) < 4.78 is 10.4. The number of nitrogens with zero attached hydrogens (tertiary/aromatic N) is 1. The molecule has 5 heteroatoms. The van der Waals surface area contributed by atoms with Crippen LogP contribution in [0.5, 0.6) is 0 Å². The molecule has 0 saturated heterocycles. The zero-order chi connectivity index (χ0) is 32.9. The van der Waals surface area contributed by atoms with Crippen LogP contribution in [0.25, 0.3) is 0 Å². The predicted octanol–water partition coefficient (Wildman–Crippen LogP) is 11.3. The minimum Gasteiger partial charge on any atom is -0.394 e. The first-order valence-electron chi connectivity index (χ1n) is 19.4. The maximum absolute atomic E-state index is 12.7. The summed E-state index contributed by atoms with van der Waals surface area (Å²) in [6, 6.07) is 0. The summed E-state index contributed by atoms with van der Waals surface area (Å²) in [7, 11) is 1.74. The molecule has 5 nitrogen and oxygen atoms in total. The molecule has 0 radical (unpaired) electrons. The minimum absolute atomic E-state index is 0.0369. The third-order valence-corrected chi connectivity index (χ3v) is 8.56. The van der Waals surface area contributed by atoms with Gasteiger partial charge >= 0.3 is 0 Å². The van der Waals surface area contributed by atoms with Gasteiger partial charge in [-0.1, -0.05) is 169 Å². The number of aliphatic hydroxyl groups is 1. The third kappa shape index (κ3) is 37.5. The molecule has 0 aromatic heterocycles. The van der Waals surface area contributed by atoms with Gasteiger partial charge in [0, 0.05) is 26.8 Å². The van der Waals surface area contributed by atoms with Gasteiger partial charge in [-0.15, -0.1) is 0 Å². The number of amides is 1. The molecule has 1 atom stereocenters. The number of carbonyl (C=O) groups excluding carboxylic acids is 1. The molecule has 0 saturated carbocycles. The maximum atomic E-state index is 12.7. The van der Waals surface area contributed by atoms with E-state index in [0.29, 0.717) is 0 Å². The molecule has 0 aliphatic rings. The SMILES string of the molecule is CCCCCCCCCCCCCCN(CCCCCCCCCCCCCC)C(=O)COC(C)CO.COCCC(C)C. The van der Waals surface area contributed by atoms with Gasteiger partial charge < -0.3 is 19.5 Å². The van der Waals surface area contributed by atoms with Crippen molar-refractivity contribution in [2.24, 2.45) is 5.92 Å². The highest BCUT2D eigenvalue weighted by Crippen LogP contribution is 2.14. The van der Waals surface area contributed by atoms with Crippen LogP contribution in [0.1, 0.15) is 195 Å². The molecule has 0 heterocycles. The number of rotatable bonds is 33. The largest absolute Gasteiger partial charge is 0.394 e. The summed E-state index contributed by atoms with van der Waals surface area (Å²) in [5, 5.41) is 9.19. The van der Waals surface area contributed by atoms with Gasteiger partial charge in [0.05, 0.1) is 12.7 Å². The fourth-order valence-corrected chi connectivity index (χ4v) is 5.36. The first-order chi connectivity index (χ1) is 21.4. The van der Waals surface area contributed by atoms with Crippen LogP contribution in [0, 0.1) is 5.92 Å². The number of unbranched alkanes of at least 4 members (excludes halogenated alkanes) is 22. The average molecular weight is 628 g/mol. The van der Waals surface area contributed by atoms with E-state index in [1.165, 1.54) is 148 Å². The Hall–Kier alpha value is -0.650. The number of hydrogen-bond donors (Lipinski definition) is 1. The average Bonchev–Trinajstić information content (AvgIpc) is 3.02. The summed E-state index contributed by atoms with van der Waals surface area (Å²) in [4.78, 5) is 14.8. The zero-order valence-electron chi connectivity index (χ0n) is 31.0. The standard InChI is InChI=1S/C33H67NO3.C6H14O/c1-4-6-8-10-12-14-16-18-20-22-24-26-28-34(33(36)31-37-32(3)30-35)29-27-25-23-21-19-17-15-13-11-9-7-5-2;1-6(2)4-5-7-3/h32,35H,4-31H2,1-3H3;6H,4-5H2,1-3H3. The lowest BCUT2D eigenvalue weighted by atomic mass is 10.0. The van der Waals surface area contributed by atoms with E-state index in [4.69, 9.17) is 9.47 Å². The van der Waals surface area contributed by atoms with Crippen LogP contribution in [0.3, 0.4) is 0 Å². The normalized spacial score (nSPS) is 11.9. The van der Waals surface area contributed by atoms with E-state index in [9.17, 15) is 9.90 Å². The summed E-state index contributed by atoms with van der Waals surface area (Å²) >= 11 is 0. The summed E-state index contributed by atoms with van der Waals surface area (Å²) in [5.41, 5.74) is 0. The number of aliphatic hydroxyl groups excluding tert-OH is 1. The molecular formula is C39H81NO4. The Bertz CT molecular complexity index is 514. The summed E-state index contributed by atoms with van der Waals surface area (Å²) in [6.45, 7) is 13.4. The second kappa shape index (κ2) is 38.5. The van der Waals surface area contributed by atoms with Crippen LogP contribution in [-0.2, 0) is 14.3 Å². The zero-order valence-corrected chi connectivity index (χ0v) is 31.0. The molecule has 0 aliphatic carbocycles. The van der Waals surface area contributed by atoms with E-state index in [2.05, 4.69) is 27.7 Å². The van der Waals surface area contributed by atoms with Gasteiger partial charge in [-0.05, 0) is 32.1 Å². The van der Waals surface area contributed by atoms with Crippen LogP contribution in [0.2, 0.25) is 0 Å². The monoisotopic (exact) mass is 628 g/mol. The Morgan fingerprint density at radius 3 is 1.20 bits per heavy atom. The second-order valence-electron chi connectivity index (χ2n) is 13.6. The van der Waals surface area contributed by atoms with Crippen molar-refractivity contribution in [2.45, 2.75) is 201 Å². The molecule has 0 spiro atoms. The Labute approximate surface area is 277 Å². The Morgan fingerprint density at radius 2 is 0.932 bits per heavy atom. The van der Waals surface area contributed by atoms with Gasteiger partial charge in [-0.3, -0.25) is 4.79 Å². The topological polar surface area (TPSA) is 59.0 Å². The smallest absolute Gasteiger partial charge is 0.248 e. The van der Waals surface area contributed by atoms with Crippen molar-refractivity contribution >= 4 is 5.91 Å². The van der Waals surface area contributed by atoms with Crippen molar-refractivity contribution in [1.29, 1.82) is 0 Å². The van der Waals surface area contributed by atoms with Crippen molar-refractivity contribution in [3.8, 4) is 0 Å². The van der Waals surface area contributed by atoms with Crippen molar-refractivity contribution in [1.82, 2.24) is 4.90 Å². The highest BCUT2D eigenvalue weighted by Gasteiger charge is 2.14. The van der Waals surface area contributed by atoms with Crippen LogP contribution in [0.15, 0.2) is 0 Å². The van der Waals surface area contributed by atoms with E-state index >= 15 is 0 Å². The minimum atomic E-state index is -0.274. The molecule has 1 N–H and O–H groups in total. The molecule has 0 aromatic rings.